The number of halogens is 2. The fourth-order valence-corrected chi connectivity index (χ4v) is 3.22. The maximum atomic E-state index is 14.2. The Morgan fingerprint density at radius 1 is 1.43 bits per heavy atom. The normalized spacial score (nSPS) is 17.9. The van der Waals surface area contributed by atoms with Crippen LogP contribution in [-0.2, 0) is 4.79 Å². The number of hydrogen-bond donors (Lipinski definition) is 2. The standard InChI is InChI=1S/C17H25ClFN3O/c1-3-15(13-5-4-6-14(18)17(13)19)21-12-7-9-22(10-8-12)11-16(23)20-2/h4-6,12,15,21H,3,7-11H2,1-2H3,(H,20,23)/t15-/m1/s1. The molecule has 0 unspecified atom stereocenters. The van der Waals surface area contributed by atoms with Crippen LogP contribution in [-0.4, -0.2) is 43.5 Å². The largest absolute Gasteiger partial charge is 0.358 e. The van der Waals surface area contributed by atoms with Gasteiger partial charge in [-0.2, -0.15) is 0 Å². The monoisotopic (exact) mass is 341 g/mol. The molecule has 1 amide bonds. The molecule has 1 saturated heterocycles. The number of nitrogens with zero attached hydrogens (tertiary/aromatic N) is 1. The second-order valence-electron chi connectivity index (χ2n) is 5.99. The van der Waals surface area contributed by atoms with E-state index in [4.69, 9.17) is 11.6 Å². The van der Waals surface area contributed by atoms with Crippen molar-refractivity contribution in [3.05, 3.63) is 34.6 Å². The third kappa shape index (κ3) is 4.90. The van der Waals surface area contributed by atoms with E-state index < -0.39 is 0 Å². The first-order valence-corrected chi connectivity index (χ1v) is 8.55. The van der Waals surface area contributed by atoms with E-state index in [9.17, 15) is 9.18 Å². The third-order valence-electron chi connectivity index (χ3n) is 4.44. The van der Waals surface area contributed by atoms with Crippen molar-refractivity contribution in [2.24, 2.45) is 0 Å². The van der Waals surface area contributed by atoms with Gasteiger partial charge in [0.15, 0.2) is 0 Å². The van der Waals surface area contributed by atoms with Gasteiger partial charge in [0.05, 0.1) is 11.6 Å². The minimum Gasteiger partial charge on any atom is -0.358 e. The molecule has 2 rings (SSSR count). The molecule has 128 valence electrons. The molecule has 1 aliphatic rings. The number of hydrogen-bond acceptors (Lipinski definition) is 3. The lowest BCUT2D eigenvalue weighted by atomic mass is 9.99. The number of carbonyl (C=O) groups excluding carboxylic acids is 1. The van der Waals surface area contributed by atoms with Crippen LogP contribution >= 0.6 is 11.6 Å². The van der Waals surface area contributed by atoms with Crippen LogP contribution in [0.3, 0.4) is 0 Å². The molecule has 0 saturated carbocycles. The van der Waals surface area contributed by atoms with Crippen molar-refractivity contribution in [3.63, 3.8) is 0 Å². The first kappa shape index (κ1) is 18.2. The fourth-order valence-electron chi connectivity index (χ4n) is 3.04. The highest BCUT2D eigenvalue weighted by Gasteiger charge is 2.24. The van der Waals surface area contributed by atoms with Crippen LogP contribution in [0.2, 0.25) is 5.02 Å². The van der Waals surface area contributed by atoms with Crippen molar-refractivity contribution in [1.29, 1.82) is 0 Å². The van der Waals surface area contributed by atoms with E-state index in [1.165, 1.54) is 0 Å². The molecule has 1 heterocycles. The van der Waals surface area contributed by atoms with Crippen molar-refractivity contribution >= 4 is 17.5 Å². The summed E-state index contributed by atoms with van der Waals surface area (Å²) in [6.07, 6.45) is 2.71. The summed E-state index contributed by atoms with van der Waals surface area (Å²) in [7, 11) is 1.65. The van der Waals surface area contributed by atoms with Crippen LogP contribution in [0.1, 0.15) is 37.8 Å². The van der Waals surface area contributed by atoms with Gasteiger partial charge in [0, 0.05) is 37.8 Å². The Bertz CT molecular complexity index is 533. The van der Waals surface area contributed by atoms with Crippen molar-refractivity contribution < 1.29 is 9.18 Å². The number of benzene rings is 1. The van der Waals surface area contributed by atoms with E-state index in [0.717, 1.165) is 32.4 Å². The maximum Gasteiger partial charge on any atom is 0.233 e. The SMILES string of the molecule is CC[C@@H](NC1CCN(CC(=O)NC)CC1)c1cccc(Cl)c1F. The highest BCUT2D eigenvalue weighted by molar-refractivity contribution is 6.30. The average Bonchev–Trinajstić information content (AvgIpc) is 2.57. The molecule has 1 aromatic rings. The number of nitrogens with one attached hydrogen (secondary N) is 2. The molecule has 1 fully saturated rings. The number of rotatable bonds is 6. The van der Waals surface area contributed by atoms with E-state index in [0.29, 0.717) is 18.2 Å². The van der Waals surface area contributed by atoms with Gasteiger partial charge in [-0.15, -0.1) is 0 Å². The maximum absolute atomic E-state index is 14.2. The molecule has 0 radical (unpaired) electrons. The molecule has 0 aromatic heterocycles. The summed E-state index contributed by atoms with van der Waals surface area (Å²) in [4.78, 5) is 13.6. The molecular formula is C17H25ClFN3O. The van der Waals surface area contributed by atoms with Gasteiger partial charge >= 0.3 is 0 Å². The van der Waals surface area contributed by atoms with Gasteiger partial charge in [-0.1, -0.05) is 30.7 Å². The van der Waals surface area contributed by atoms with Gasteiger partial charge in [0.2, 0.25) is 5.91 Å². The summed E-state index contributed by atoms with van der Waals surface area (Å²) in [5.74, 6) is -0.283. The molecule has 0 spiro atoms. The van der Waals surface area contributed by atoms with Crippen molar-refractivity contribution in [2.75, 3.05) is 26.7 Å². The van der Waals surface area contributed by atoms with E-state index >= 15 is 0 Å². The molecule has 0 aliphatic carbocycles. The predicted molar refractivity (Wildman–Crippen MR) is 91.1 cm³/mol. The average molecular weight is 342 g/mol. The Balaban J connectivity index is 1.91. The van der Waals surface area contributed by atoms with Crippen LogP contribution in [0.5, 0.6) is 0 Å². The van der Waals surface area contributed by atoms with Crippen LogP contribution in [0.15, 0.2) is 18.2 Å². The highest BCUT2D eigenvalue weighted by Crippen LogP contribution is 2.26. The first-order chi connectivity index (χ1) is 11.0. The van der Waals surface area contributed by atoms with Crippen molar-refractivity contribution in [3.8, 4) is 0 Å². The molecule has 1 aromatic carbocycles. The molecule has 4 nitrogen and oxygen atoms in total. The van der Waals surface area contributed by atoms with Gasteiger partial charge in [0.25, 0.3) is 0 Å². The quantitative estimate of drug-likeness (QED) is 0.836. The lowest BCUT2D eigenvalue weighted by molar-refractivity contribution is -0.122. The zero-order chi connectivity index (χ0) is 16.8. The van der Waals surface area contributed by atoms with Gasteiger partial charge in [-0.3, -0.25) is 9.69 Å². The summed E-state index contributed by atoms with van der Waals surface area (Å²) >= 11 is 5.89. The van der Waals surface area contributed by atoms with Crippen molar-refractivity contribution in [2.45, 2.75) is 38.3 Å². The number of likely N-dealkylation sites (tertiary alicyclic amines) is 1. The lowest BCUT2D eigenvalue weighted by Gasteiger charge is -2.34. The van der Waals surface area contributed by atoms with E-state index in [1.807, 2.05) is 6.92 Å². The zero-order valence-electron chi connectivity index (χ0n) is 13.7. The van der Waals surface area contributed by atoms with E-state index in [-0.39, 0.29) is 22.8 Å². The fraction of sp³-hybridized carbons (Fsp3) is 0.588. The molecule has 6 heteroatoms. The predicted octanol–water partition coefficient (Wildman–Crippen LogP) is 2.73. The topological polar surface area (TPSA) is 44.4 Å². The minimum atomic E-state index is -0.328. The lowest BCUT2D eigenvalue weighted by Crippen LogP contribution is -2.46. The summed E-state index contributed by atoms with van der Waals surface area (Å²) in [5, 5.41) is 6.37. The molecule has 1 aliphatic heterocycles. The Hall–Kier alpha value is -1.17. The number of likely N-dealkylation sites (N-methyl/N-ethyl adjacent to an activating group) is 1. The summed E-state index contributed by atoms with van der Waals surface area (Å²) in [5.41, 5.74) is 0.632. The van der Waals surface area contributed by atoms with Gasteiger partial charge < -0.3 is 10.6 Å². The van der Waals surface area contributed by atoms with Crippen molar-refractivity contribution in [1.82, 2.24) is 15.5 Å². The second-order valence-corrected chi connectivity index (χ2v) is 6.40. The molecule has 23 heavy (non-hydrogen) atoms. The number of piperidine rings is 1. The zero-order valence-corrected chi connectivity index (χ0v) is 14.5. The van der Waals surface area contributed by atoms with E-state index in [1.54, 1.807) is 25.2 Å². The Labute approximate surface area is 142 Å². The third-order valence-corrected chi connectivity index (χ3v) is 4.73. The Morgan fingerprint density at radius 2 is 2.13 bits per heavy atom. The Morgan fingerprint density at radius 3 is 2.74 bits per heavy atom. The van der Waals surface area contributed by atoms with Crippen LogP contribution < -0.4 is 10.6 Å². The molecule has 0 bridgehead atoms. The molecule has 1 atom stereocenters. The molecular weight excluding hydrogens is 317 g/mol. The number of amides is 1. The van der Waals surface area contributed by atoms with Gasteiger partial charge in [-0.25, -0.2) is 4.39 Å². The highest BCUT2D eigenvalue weighted by atomic mass is 35.5. The van der Waals surface area contributed by atoms with Gasteiger partial charge in [0.1, 0.15) is 5.82 Å². The van der Waals surface area contributed by atoms with E-state index in [2.05, 4.69) is 15.5 Å². The summed E-state index contributed by atoms with van der Waals surface area (Å²) < 4.78 is 14.2. The minimum absolute atomic E-state index is 0.0378. The van der Waals surface area contributed by atoms with Crippen LogP contribution in [0.4, 0.5) is 4.39 Å². The van der Waals surface area contributed by atoms with Crippen LogP contribution in [0, 0.1) is 5.82 Å². The summed E-state index contributed by atoms with van der Waals surface area (Å²) in [6.45, 7) is 4.24. The number of carbonyl (C=O) groups is 1. The van der Waals surface area contributed by atoms with Gasteiger partial charge in [-0.05, 0) is 25.3 Å². The first-order valence-electron chi connectivity index (χ1n) is 8.18. The second kappa shape index (κ2) is 8.62. The van der Waals surface area contributed by atoms with Crippen LogP contribution in [0.25, 0.3) is 0 Å². The summed E-state index contributed by atoms with van der Waals surface area (Å²) in [6, 6.07) is 5.45. The molecule has 2 N–H and O–H groups in total. The smallest absolute Gasteiger partial charge is 0.233 e. The Kier molecular flexibility index (Phi) is 6.81.